The third kappa shape index (κ3) is 6.02. The Morgan fingerprint density at radius 3 is 2.30 bits per heavy atom. The summed E-state index contributed by atoms with van der Waals surface area (Å²) in [5.74, 6) is 0.184. The van der Waals surface area contributed by atoms with E-state index >= 15 is 0 Å². The summed E-state index contributed by atoms with van der Waals surface area (Å²) in [5, 5.41) is 2.70. The van der Waals surface area contributed by atoms with Crippen molar-refractivity contribution in [3.63, 3.8) is 0 Å². The number of aromatic nitrogens is 2. The van der Waals surface area contributed by atoms with Crippen molar-refractivity contribution in [1.29, 1.82) is 0 Å². The van der Waals surface area contributed by atoms with Gasteiger partial charge in [0.15, 0.2) is 5.69 Å². The second-order valence-electron chi connectivity index (χ2n) is 5.35. The van der Waals surface area contributed by atoms with Gasteiger partial charge in [0.2, 0.25) is 5.95 Å². The minimum Gasteiger partial charge on any atom is -0.361 e. The van der Waals surface area contributed by atoms with E-state index in [1.165, 1.54) is 12.4 Å². The van der Waals surface area contributed by atoms with E-state index in [0.29, 0.717) is 6.07 Å². The molecule has 0 fully saturated rings. The average molecular weight is 389 g/mol. The van der Waals surface area contributed by atoms with Gasteiger partial charge in [0.05, 0.1) is 12.1 Å². The molecule has 2 aromatic rings. The highest BCUT2D eigenvalue weighted by Gasteiger charge is 2.35. The summed E-state index contributed by atoms with van der Waals surface area (Å²) in [6.45, 7) is 5.06. The van der Waals surface area contributed by atoms with E-state index in [1.54, 1.807) is 6.07 Å². The zero-order valence-electron chi connectivity index (χ0n) is 13.6. The van der Waals surface area contributed by atoms with E-state index in [1.807, 2.05) is 0 Å². The Bertz CT molecular complexity index is 798. The van der Waals surface area contributed by atoms with Gasteiger partial charge in [-0.15, -0.1) is 0 Å². The first kappa shape index (κ1) is 20.3. The second kappa shape index (κ2) is 8.11. The quantitative estimate of drug-likeness (QED) is 0.583. The third-order valence-electron chi connectivity index (χ3n) is 3.37. The number of hydrogen-bond donors (Lipinski definition) is 1. The Hall–Kier alpha value is -3.03. The van der Waals surface area contributed by atoms with Crippen LogP contribution in [0.4, 0.5) is 43.7 Å². The Labute approximate surface area is 150 Å². The summed E-state index contributed by atoms with van der Waals surface area (Å²) in [6, 6.07) is 4.03. The molecule has 11 heteroatoms. The molecule has 1 N–H and O–H groups in total. The van der Waals surface area contributed by atoms with E-state index in [0.717, 1.165) is 17.0 Å². The van der Waals surface area contributed by atoms with Crippen molar-refractivity contribution in [2.45, 2.75) is 12.4 Å². The van der Waals surface area contributed by atoms with Gasteiger partial charge >= 0.3 is 12.4 Å². The van der Waals surface area contributed by atoms with Crippen LogP contribution >= 0.6 is 0 Å². The molecule has 0 amide bonds. The van der Waals surface area contributed by atoms with Crippen molar-refractivity contribution >= 4 is 17.3 Å². The molecule has 1 aromatic heterocycles. The van der Waals surface area contributed by atoms with Crippen LogP contribution in [0.5, 0.6) is 0 Å². The summed E-state index contributed by atoms with van der Waals surface area (Å²) in [5.41, 5.74) is -2.24. The first-order chi connectivity index (χ1) is 12.6. The van der Waals surface area contributed by atoms with Gasteiger partial charge in [-0.05, 0) is 18.2 Å². The lowest BCUT2D eigenvalue weighted by Gasteiger charge is -2.27. The average Bonchev–Trinajstić information content (AvgIpc) is 2.59. The zero-order chi connectivity index (χ0) is 20.1. The molecule has 1 aromatic carbocycles. The van der Waals surface area contributed by atoms with Crippen molar-refractivity contribution in [3.8, 4) is 0 Å². The van der Waals surface area contributed by atoms with E-state index in [9.17, 15) is 26.3 Å². The lowest BCUT2D eigenvalue weighted by atomic mass is 10.1. The number of nitrogens with one attached hydrogen (secondary N) is 1. The van der Waals surface area contributed by atoms with Crippen LogP contribution < -0.4 is 10.2 Å². The van der Waals surface area contributed by atoms with Gasteiger partial charge in [-0.2, -0.15) is 26.3 Å². The fourth-order valence-electron chi connectivity index (χ4n) is 2.25. The van der Waals surface area contributed by atoms with Crippen molar-refractivity contribution < 1.29 is 26.3 Å². The molecule has 144 valence electrons. The van der Waals surface area contributed by atoms with Crippen LogP contribution in [0.2, 0.25) is 0 Å². The maximum atomic E-state index is 13.1. The number of hydrogen-bond acceptors (Lipinski definition) is 4. The maximum absolute atomic E-state index is 13.1. The highest BCUT2D eigenvalue weighted by molar-refractivity contribution is 5.62. The number of halogens is 6. The van der Waals surface area contributed by atoms with Crippen LogP contribution in [0.1, 0.15) is 5.56 Å². The molecule has 5 nitrogen and oxygen atoms in total. The van der Waals surface area contributed by atoms with Crippen molar-refractivity contribution in [2.75, 3.05) is 29.9 Å². The summed E-state index contributed by atoms with van der Waals surface area (Å²) < 4.78 is 77.8. The molecule has 0 unspecified atom stereocenters. The minimum atomic E-state index is -4.85. The van der Waals surface area contributed by atoms with E-state index < -0.39 is 30.1 Å². The standard InChI is InChI=1S/C16H13F6N5/c1-23-13-4-3-11(9-12(13)16(20,21)22)27(10-15(17,18)19)8-7-26-14-24-5-2-6-25-14/h2-6,9H,7-8,10H2,(H,24,25,26). The number of alkyl halides is 6. The van der Waals surface area contributed by atoms with Crippen molar-refractivity contribution in [2.24, 2.45) is 0 Å². The molecule has 0 aliphatic rings. The third-order valence-corrected chi connectivity index (χ3v) is 3.37. The predicted octanol–water partition coefficient (Wildman–Crippen LogP) is 4.53. The molecule has 27 heavy (non-hydrogen) atoms. The largest absolute Gasteiger partial charge is 0.407 e. The minimum absolute atomic E-state index is 0.0357. The lowest BCUT2D eigenvalue weighted by Crippen LogP contribution is -2.37. The molecule has 0 spiro atoms. The summed E-state index contributed by atoms with van der Waals surface area (Å²) in [6.07, 6.45) is -6.61. The highest BCUT2D eigenvalue weighted by Crippen LogP contribution is 2.39. The molecular weight excluding hydrogens is 376 g/mol. The predicted molar refractivity (Wildman–Crippen MR) is 86.5 cm³/mol. The normalized spacial score (nSPS) is 11.7. The SMILES string of the molecule is [C-]#[N+]c1ccc(N(CCNc2ncccn2)CC(F)(F)F)cc1C(F)(F)F. The summed E-state index contributed by atoms with van der Waals surface area (Å²) >= 11 is 0. The fraction of sp³-hybridized carbons (Fsp3) is 0.312. The van der Waals surface area contributed by atoms with Gasteiger partial charge in [0.1, 0.15) is 6.54 Å². The molecule has 0 aliphatic carbocycles. The Morgan fingerprint density at radius 1 is 1.07 bits per heavy atom. The van der Waals surface area contributed by atoms with Gasteiger partial charge in [0, 0.05) is 31.2 Å². The van der Waals surface area contributed by atoms with Gasteiger partial charge in [-0.25, -0.2) is 14.8 Å². The molecule has 0 bridgehead atoms. The molecule has 0 aliphatic heterocycles. The Kier molecular flexibility index (Phi) is 6.09. The van der Waals surface area contributed by atoms with Crippen LogP contribution in [0.15, 0.2) is 36.7 Å². The lowest BCUT2D eigenvalue weighted by molar-refractivity contribution is -0.136. The fourth-order valence-corrected chi connectivity index (χ4v) is 2.25. The zero-order valence-corrected chi connectivity index (χ0v) is 13.6. The molecule has 0 atom stereocenters. The number of rotatable bonds is 6. The van der Waals surface area contributed by atoms with E-state index in [-0.39, 0.29) is 24.7 Å². The Balaban J connectivity index is 2.24. The van der Waals surface area contributed by atoms with Crippen molar-refractivity contribution in [1.82, 2.24) is 9.97 Å². The first-order valence-electron chi connectivity index (χ1n) is 7.51. The Morgan fingerprint density at radius 2 is 1.74 bits per heavy atom. The van der Waals surface area contributed by atoms with E-state index in [2.05, 4.69) is 20.1 Å². The van der Waals surface area contributed by atoms with Gasteiger partial charge in [-0.3, -0.25) is 0 Å². The number of anilines is 2. The van der Waals surface area contributed by atoms with Crippen LogP contribution in [0.3, 0.4) is 0 Å². The van der Waals surface area contributed by atoms with Gasteiger partial charge in [-0.1, -0.05) is 6.07 Å². The van der Waals surface area contributed by atoms with Gasteiger partial charge < -0.3 is 10.2 Å². The van der Waals surface area contributed by atoms with Crippen LogP contribution in [0, 0.1) is 6.57 Å². The first-order valence-corrected chi connectivity index (χ1v) is 7.51. The van der Waals surface area contributed by atoms with Crippen molar-refractivity contribution in [3.05, 3.63) is 53.6 Å². The second-order valence-corrected chi connectivity index (χ2v) is 5.35. The van der Waals surface area contributed by atoms with Crippen LogP contribution in [-0.4, -0.2) is 35.8 Å². The summed E-state index contributed by atoms with van der Waals surface area (Å²) in [7, 11) is 0. The summed E-state index contributed by atoms with van der Waals surface area (Å²) in [4.78, 5) is 11.2. The van der Waals surface area contributed by atoms with Gasteiger partial charge in [0.25, 0.3) is 0 Å². The van der Waals surface area contributed by atoms with E-state index in [4.69, 9.17) is 6.57 Å². The molecule has 0 radical (unpaired) electrons. The van der Waals surface area contributed by atoms with Crippen LogP contribution in [0.25, 0.3) is 4.85 Å². The molecule has 1 heterocycles. The molecule has 0 saturated carbocycles. The molecule has 2 rings (SSSR count). The maximum Gasteiger partial charge on any atom is 0.407 e. The number of nitrogens with zero attached hydrogens (tertiary/aromatic N) is 4. The highest BCUT2D eigenvalue weighted by atomic mass is 19.4. The molecule has 0 saturated heterocycles. The molecular formula is C16H13F6N5. The smallest absolute Gasteiger partial charge is 0.361 e. The number of benzene rings is 1. The topological polar surface area (TPSA) is 45.4 Å². The monoisotopic (exact) mass is 389 g/mol. The van der Waals surface area contributed by atoms with Crippen LogP contribution in [-0.2, 0) is 6.18 Å².